The molecule has 4 heterocycles. The second-order valence-corrected chi connectivity index (χ2v) is 18.0. The summed E-state index contributed by atoms with van der Waals surface area (Å²) in [5.41, 5.74) is 6.06. The van der Waals surface area contributed by atoms with Crippen LogP contribution in [0.5, 0.6) is 0 Å². The Balaban J connectivity index is 1.47. The van der Waals surface area contributed by atoms with Gasteiger partial charge in [-0.15, -0.1) is 0 Å². The van der Waals surface area contributed by atoms with E-state index in [9.17, 15) is 9.59 Å². The van der Waals surface area contributed by atoms with E-state index in [2.05, 4.69) is 80.4 Å². The van der Waals surface area contributed by atoms with Crippen molar-refractivity contribution in [2.75, 3.05) is 4.90 Å². The zero-order chi connectivity index (χ0) is 24.3. The summed E-state index contributed by atoms with van der Waals surface area (Å²) in [6.07, 6.45) is 1.88. The number of hydrogen-bond donors (Lipinski definition) is 0. The van der Waals surface area contributed by atoms with Gasteiger partial charge in [0.2, 0.25) is 0 Å². The number of nitrogens with zero attached hydrogens (tertiary/aromatic N) is 1. The SMILES string of the molecule is CC1(C)c2cc(/C=C3/C(=O)c4ccsc4C3=O)[se]c2N2c3ccccc3[Si](C)(C)c3cccc1c32. The molecule has 0 spiro atoms. The average molecular weight is 557 g/mol. The molecule has 0 amide bonds. The molecule has 2 aromatic carbocycles. The molecule has 3 nitrogen and oxygen atoms in total. The van der Waals surface area contributed by atoms with Gasteiger partial charge < -0.3 is 0 Å². The Bertz CT molecular complexity index is 1620. The fourth-order valence-electron chi connectivity index (χ4n) is 6.00. The van der Waals surface area contributed by atoms with Crippen LogP contribution in [0.1, 0.15) is 49.4 Å². The molecule has 0 fully saturated rings. The number of rotatable bonds is 1. The molecule has 172 valence electrons. The van der Waals surface area contributed by atoms with Gasteiger partial charge in [-0.3, -0.25) is 0 Å². The van der Waals surface area contributed by atoms with Crippen molar-refractivity contribution in [2.45, 2.75) is 32.4 Å². The number of anilines is 3. The molecule has 0 saturated carbocycles. The summed E-state index contributed by atoms with van der Waals surface area (Å²) < 4.78 is 2.43. The molecule has 0 bridgehead atoms. The van der Waals surface area contributed by atoms with E-state index in [-0.39, 0.29) is 31.5 Å². The second kappa shape index (κ2) is 6.92. The topological polar surface area (TPSA) is 37.4 Å². The van der Waals surface area contributed by atoms with E-state index in [4.69, 9.17) is 0 Å². The number of Topliss-reactive ketones (excluding diaryl/α,β-unsaturated/α-hetero) is 2. The van der Waals surface area contributed by atoms with Gasteiger partial charge in [-0.25, -0.2) is 0 Å². The molecule has 1 aliphatic carbocycles. The van der Waals surface area contributed by atoms with Crippen molar-refractivity contribution in [1.29, 1.82) is 0 Å². The first kappa shape index (κ1) is 21.5. The van der Waals surface area contributed by atoms with E-state index in [0.717, 1.165) is 4.44 Å². The fraction of sp³-hybridized carbons (Fsp3) is 0.172. The van der Waals surface area contributed by atoms with Crippen LogP contribution < -0.4 is 15.3 Å². The number of carbonyl (C=O) groups is 2. The molecular weight excluding hydrogens is 533 g/mol. The van der Waals surface area contributed by atoms with E-state index in [1.54, 1.807) is 6.07 Å². The Labute approximate surface area is 215 Å². The standard InChI is InChI=1S/C29H23NO2SSeSi/c1-29(2)19-8-7-11-23-24(19)30(21-9-5-6-10-22(21)35(23,3)4)28-20(29)15-16(34-28)14-18-25(31)17-12-13-33-27(17)26(18)32/h5-15H,1-4H3/b18-14-. The number of para-hydroxylation sites is 2. The van der Waals surface area contributed by atoms with E-state index in [1.165, 1.54) is 48.8 Å². The molecule has 35 heavy (non-hydrogen) atoms. The fourth-order valence-corrected chi connectivity index (χ4v) is 12.5. The molecule has 2 aromatic heterocycles. The van der Waals surface area contributed by atoms with Gasteiger partial charge in [0.15, 0.2) is 0 Å². The molecule has 7 rings (SSSR count). The van der Waals surface area contributed by atoms with Crippen LogP contribution in [0.25, 0.3) is 6.08 Å². The van der Waals surface area contributed by atoms with Gasteiger partial charge in [0.25, 0.3) is 0 Å². The minimum absolute atomic E-state index is 0.0167. The first-order valence-corrected chi connectivity index (χ1v) is 17.4. The van der Waals surface area contributed by atoms with Gasteiger partial charge in [-0.1, -0.05) is 0 Å². The van der Waals surface area contributed by atoms with Gasteiger partial charge in [-0.05, 0) is 0 Å². The van der Waals surface area contributed by atoms with Crippen molar-refractivity contribution in [2.24, 2.45) is 0 Å². The summed E-state index contributed by atoms with van der Waals surface area (Å²) in [5, 5.41) is 4.78. The monoisotopic (exact) mass is 557 g/mol. The normalized spacial score (nSPS) is 19.4. The molecule has 3 aliphatic rings. The van der Waals surface area contributed by atoms with E-state index >= 15 is 0 Å². The van der Waals surface area contributed by atoms with Crippen LogP contribution in [-0.4, -0.2) is 34.1 Å². The van der Waals surface area contributed by atoms with Crippen molar-refractivity contribution in [3.05, 3.63) is 91.6 Å². The van der Waals surface area contributed by atoms with Crippen molar-refractivity contribution < 1.29 is 9.59 Å². The maximum absolute atomic E-state index is 13.0. The zero-order valence-electron chi connectivity index (χ0n) is 19.9. The number of carbonyl (C=O) groups excluding carboxylic acids is 2. The number of ketones is 2. The Kier molecular flexibility index (Phi) is 4.25. The quantitative estimate of drug-likeness (QED) is 0.176. The van der Waals surface area contributed by atoms with Crippen molar-refractivity contribution in [1.82, 2.24) is 0 Å². The Morgan fingerprint density at radius 1 is 0.943 bits per heavy atom. The Hall–Kier alpha value is -2.76. The molecule has 0 unspecified atom stereocenters. The summed E-state index contributed by atoms with van der Waals surface area (Å²) in [6, 6.07) is 19.8. The van der Waals surface area contributed by atoms with E-state index in [1.807, 2.05) is 11.5 Å². The second-order valence-electron chi connectivity index (χ2n) is 10.6. The van der Waals surface area contributed by atoms with Crippen LogP contribution in [0, 0.1) is 0 Å². The van der Waals surface area contributed by atoms with Crippen LogP contribution in [0.4, 0.5) is 15.9 Å². The minimum atomic E-state index is -1.86. The van der Waals surface area contributed by atoms with Crippen LogP contribution in [0.2, 0.25) is 13.1 Å². The zero-order valence-corrected chi connectivity index (χ0v) is 23.5. The van der Waals surface area contributed by atoms with Crippen molar-refractivity contribution >= 4 is 77.9 Å². The molecule has 0 radical (unpaired) electrons. The van der Waals surface area contributed by atoms with Gasteiger partial charge >= 0.3 is 216 Å². The first-order valence-electron chi connectivity index (χ1n) is 11.8. The maximum atomic E-state index is 13.0. The summed E-state index contributed by atoms with van der Waals surface area (Å²) in [6.45, 7) is 9.55. The molecule has 0 atom stereocenters. The molecule has 0 N–H and O–H groups in total. The van der Waals surface area contributed by atoms with E-state index in [0.29, 0.717) is 16.0 Å². The Morgan fingerprint density at radius 3 is 2.51 bits per heavy atom. The molecule has 2 aliphatic heterocycles. The van der Waals surface area contributed by atoms with Crippen LogP contribution >= 0.6 is 11.3 Å². The predicted octanol–water partition coefficient (Wildman–Crippen LogP) is 5.51. The van der Waals surface area contributed by atoms with Crippen LogP contribution in [-0.2, 0) is 5.41 Å². The molecule has 0 saturated heterocycles. The third-order valence-corrected chi connectivity index (χ3v) is 14.6. The number of benzene rings is 2. The Morgan fingerprint density at radius 2 is 1.71 bits per heavy atom. The number of thiophene rings is 1. The van der Waals surface area contributed by atoms with Crippen LogP contribution in [0.3, 0.4) is 0 Å². The molecule has 6 heteroatoms. The number of fused-ring (bicyclic) bond motifs is 5. The summed E-state index contributed by atoms with van der Waals surface area (Å²) in [5.74, 6) is -0.254. The van der Waals surface area contributed by atoms with Crippen molar-refractivity contribution in [3.63, 3.8) is 0 Å². The van der Waals surface area contributed by atoms with Gasteiger partial charge in [0.1, 0.15) is 0 Å². The van der Waals surface area contributed by atoms with Crippen LogP contribution in [0.15, 0.2) is 65.6 Å². The number of allylic oxidation sites excluding steroid dienone is 1. The van der Waals surface area contributed by atoms with Gasteiger partial charge in [0, 0.05) is 0 Å². The predicted molar refractivity (Wildman–Crippen MR) is 148 cm³/mol. The third-order valence-electron chi connectivity index (χ3n) is 7.92. The number of hydrogen-bond acceptors (Lipinski definition) is 4. The van der Waals surface area contributed by atoms with Gasteiger partial charge in [-0.2, -0.15) is 0 Å². The average Bonchev–Trinajstić information content (AvgIpc) is 3.54. The third kappa shape index (κ3) is 2.66. The van der Waals surface area contributed by atoms with Crippen molar-refractivity contribution in [3.8, 4) is 0 Å². The summed E-state index contributed by atoms with van der Waals surface area (Å²) in [4.78, 5) is 29.0. The van der Waals surface area contributed by atoms with Gasteiger partial charge in [0.05, 0.1) is 0 Å². The summed E-state index contributed by atoms with van der Waals surface area (Å²) >= 11 is 1.35. The van der Waals surface area contributed by atoms with E-state index < -0.39 is 8.07 Å². The molecular formula is C29H23NO2SSeSi. The molecule has 4 aromatic rings. The first-order chi connectivity index (χ1) is 16.7. The summed E-state index contributed by atoms with van der Waals surface area (Å²) in [7, 11) is -1.86.